The summed E-state index contributed by atoms with van der Waals surface area (Å²) in [7, 11) is 0. The Kier molecular flexibility index (Phi) is 6.67. The highest BCUT2D eigenvalue weighted by molar-refractivity contribution is 5.79. The van der Waals surface area contributed by atoms with E-state index in [0.29, 0.717) is 25.6 Å². The van der Waals surface area contributed by atoms with Gasteiger partial charge in [0.15, 0.2) is 5.96 Å². The number of nitrogens with zero attached hydrogens (tertiary/aromatic N) is 4. The molecule has 9 heteroatoms. The average molecular weight is 360 g/mol. The van der Waals surface area contributed by atoms with Crippen molar-refractivity contribution in [1.82, 2.24) is 20.4 Å². The van der Waals surface area contributed by atoms with Crippen molar-refractivity contribution in [2.75, 3.05) is 19.6 Å². The molecule has 0 aliphatic carbocycles. The van der Waals surface area contributed by atoms with E-state index in [4.69, 9.17) is 0 Å². The van der Waals surface area contributed by atoms with Crippen LogP contribution in [0.1, 0.15) is 19.4 Å². The molecule has 26 heavy (non-hydrogen) atoms. The Balaban J connectivity index is 1.92. The van der Waals surface area contributed by atoms with Gasteiger partial charge in [-0.2, -0.15) is 5.10 Å². The van der Waals surface area contributed by atoms with Crippen LogP contribution in [-0.4, -0.2) is 45.4 Å². The summed E-state index contributed by atoms with van der Waals surface area (Å²) >= 11 is 0. The third-order valence-electron chi connectivity index (χ3n) is 3.75. The quantitative estimate of drug-likeness (QED) is 0.282. The first kappa shape index (κ1) is 19.4. The van der Waals surface area contributed by atoms with Crippen LogP contribution in [0, 0.1) is 10.1 Å². The Hall–Kier alpha value is -2.94. The number of aliphatic imine (C=N–C) groups is 1. The number of hydrogen-bond donors (Lipinski definition) is 3. The molecule has 1 unspecified atom stereocenters. The van der Waals surface area contributed by atoms with Gasteiger partial charge in [0.05, 0.1) is 18.0 Å². The first-order valence-corrected chi connectivity index (χ1v) is 8.39. The van der Waals surface area contributed by atoms with Gasteiger partial charge in [-0.05, 0) is 19.4 Å². The van der Waals surface area contributed by atoms with E-state index in [2.05, 4.69) is 20.7 Å². The van der Waals surface area contributed by atoms with Crippen molar-refractivity contribution in [1.29, 1.82) is 0 Å². The average Bonchev–Trinajstić information content (AvgIpc) is 3.10. The second-order valence-corrected chi connectivity index (χ2v) is 5.98. The summed E-state index contributed by atoms with van der Waals surface area (Å²) in [6, 6.07) is 9.37. The lowest BCUT2D eigenvalue weighted by Crippen LogP contribution is -2.40. The smallest absolute Gasteiger partial charge is 0.306 e. The number of hydrogen-bond acceptors (Lipinski definition) is 5. The summed E-state index contributed by atoms with van der Waals surface area (Å²) in [6.07, 6.45) is 2.60. The van der Waals surface area contributed by atoms with Gasteiger partial charge in [0.1, 0.15) is 18.0 Å². The third kappa shape index (κ3) is 5.55. The number of aliphatic hydroxyl groups is 1. The zero-order chi connectivity index (χ0) is 19.0. The summed E-state index contributed by atoms with van der Waals surface area (Å²) < 4.78 is 1.49. The van der Waals surface area contributed by atoms with Crippen molar-refractivity contribution >= 4 is 11.6 Å². The molecule has 2 aromatic rings. The lowest BCUT2D eigenvalue weighted by atomic mass is 9.96. The first-order chi connectivity index (χ1) is 12.4. The van der Waals surface area contributed by atoms with Crippen LogP contribution in [0.2, 0.25) is 0 Å². The molecule has 2 rings (SSSR count). The molecule has 0 spiro atoms. The molecule has 1 atom stereocenters. The van der Waals surface area contributed by atoms with E-state index in [-0.39, 0.29) is 12.2 Å². The molecule has 0 saturated heterocycles. The van der Waals surface area contributed by atoms with Gasteiger partial charge in [0.2, 0.25) is 0 Å². The molecule has 0 fully saturated rings. The molecule has 0 aliphatic rings. The lowest BCUT2D eigenvalue weighted by molar-refractivity contribution is -0.385. The molecule has 0 saturated carbocycles. The van der Waals surface area contributed by atoms with E-state index in [9.17, 15) is 15.2 Å². The van der Waals surface area contributed by atoms with Crippen LogP contribution < -0.4 is 10.6 Å². The van der Waals surface area contributed by atoms with Crippen LogP contribution >= 0.6 is 0 Å². The molecule has 0 aliphatic heterocycles. The van der Waals surface area contributed by atoms with Gasteiger partial charge in [-0.3, -0.25) is 14.8 Å². The van der Waals surface area contributed by atoms with E-state index >= 15 is 0 Å². The van der Waals surface area contributed by atoms with E-state index in [1.54, 1.807) is 6.92 Å². The number of benzene rings is 1. The topological polar surface area (TPSA) is 118 Å². The molecule has 1 aromatic carbocycles. The van der Waals surface area contributed by atoms with Gasteiger partial charge in [-0.1, -0.05) is 30.3 Å². The van der Waals surface area contributed by atoms with Gasteiger partial charge in [0, 0.05) is 13.1 Å². The molecular formula is C17H24N6O3. The molecule has 1 heterocycles. The predicted molar refractivity (Wildman–Crippen MR) is 98.9 cm³/mol. The fourth-order valence-electron chi connectivity index (χ4n) is 2.32. The van der Waals surface area contributed by atoms with Gasteiger partial charge in [0.25, 0.3) is 0 Å². The predicted octanol–water partition coefficient (Wildman–Crippen LogP) is 1.25. The Bertz CT molecular complexity index is 742. The maximum Gasteiger partial charge on any atom is 0.306 e. The summed E-state index contributed by atoms with van der Waals surface area (Å²) in [5, 5.41) is 31.5. The van der Waals surface area contributed by atoms with E-state index in [0.717, 1.165) is 5.56 Å². The number of guanidine groups is 1. The standard InChI is InChI=1S/C17H24N6O3/c1-3-18-16(19-9-10-22-12-15(11-21-22)23(25)26)20-13-17(2,24)14-7-5-4-6-8-14/h4-8,11-12,24H,3,9-10,13H2,1-2H3,(H2,18,19,20). The van der Waals surface area contributed by atoms with Crippen LogP contribution in [0.25, 0.3) is 0 Å². The summed E-state index contributed by atoms with van der Waals surface area (Å²) in [6.45, 7) is 5.47. The highest BCUT2D eigenvalue weighted by Crippen LogP contribution is 2.20. The molecule has 0 bridgehead atoms. The number of nitrogens with one attached hydrogen (secondary N) is 2. The number of aromatic nitrogens is 2. The minimum Gasteiger partial charge on any atom is -0.384 e. The van der Waals surface area contributed by atoms with Gasteiger partial charge >= 0.3 is 5.69 Å². The highest BCUT2D eigenvalue weighted by atomic mass is 16.6. The van der Waals surface area contributed by atoms with Crippen molar-refractivity contribution in [3.8, 4) is 0 Å². The molecular weight excluding hydrogens is 336 g/mol. The second kappa shape index (κ2) is 8.95. The maximum absolute atomic E-state index is 10.7. The van der Waals surface area contributed by atoms with Gasteiger partial charge in [-0.25, -0.2) is 4.99 Å². The highest BCUT2D eigenvalue weighted by Gasteiger charge is 2.22. The summed E-state index contributed by atoms with van der Waals surface area (Å²) in [5.41, 5.74) is -0.320. The summed E-state index contributed by atoms with van der Waals surface area (Å²) in [5.74, 6) is 0.561. The Labute approximate surface area is 151 Å². The van der Waals surface area contributed by atoms with Crippen LogP contribution in [0.4, 0.5) is 5.69 Å². The Morgan fingerprint density at radius 3 is 2.73 bits per heavy atom. The third-order valence-corrected chi connectivity index (χ3v) is 3.75. The van der Waals surface area contributed by atoms with Crippen LogP contribution in [-0.2, 0) is 12.1 Å². The zero-order valence-electron chi connectivity index (χ0n) is 14.9. The maximum atomic E-state index is 10.7. The summed E-state index contributed by atoms with van der Waals surface area (Å²) in [4.78, 5) is 14.6. The van der Waals surface area contributed by atoms with E-state index in [1.165, 1.54) is 17.1 Å². The normalized spacial score (nSPS) is 13.9. The zero-order valence-corrected chi connectivity index (χ0v) is 14.9. The SMILES string of the molecule is CCNC(=NCC(C)(O)c1ccccc1)NCCn1cc([N+](=O)[O-])cn1. The van der Waals surface area contributed by atoms with Crippen LogP contribution in [0.3, 0.4) is 0 Å². The molecule has 1 aromatic heterocycles. The van der Waals surface area contributed by atoms with Crippen molar-refractivity contribution in [2.24, 2.45) is 4.99 Å². The Morgan fingerprint density at radius 1 is 1.38 bits per heavy atom. The molecule has 0 radical (unpaired) electrons. The fourth-order valence-corrected chi connectivity index (χ4v) is 2.32. The van der Waals surface area contributed by atoms with Gasteiger partial charge in [-0.15, -0.1) is 0 Å². The van der Waals surface area contributed by atoms with Crippen LogP contribution in [0.5, 0.6) is 0 Å². The Morgan fingerprint density at radius 2 is 2.12 bits per heavy atom. The lowest BCUT2D eigenvalue weighted by Gasteiger charge is -2.22. The number of rotatable bonds is 8. The molecule has 140 valence electrons. The van der Waals surface area contributed by atoms with E-state index in [1.807, 2.05) is 37.3 Å². The molecule has 3 N–H and O–H groups in total. The van der Waals surface area contributed by atoms with Gasteiger partial charge < -0.3 is 15.7 Å². The number of nitro groups is 1. The largest absolute Gasteiger partial charge is 0.384 e. The van der Waals surface area contributed by atoms with Crippen molar-refractivity contribution in [3.63, 3.8) is 0 Å². The first-order valence-electron chi connectivity index (χ1n) is 8.39. The minimum absolute atomic E-state index is 0.0375. The van der Waals surface area contributed by atoms with Crippen LogP contribution in [0.15, 0.2) is 47.7 Å². The van der Waals surface area contributed by atoms with Crippen molar-refractivity contribution < 1.29 is 10.0 Å². The second-order valence-electron chi connectivity index (χ2n) is 5.98. The fraction of sp³-hybridized carbons (Fsp3) is 0.412. The van der Waals surface area contributed by atoms with Crippen molar-refractivity contribution in [3.05, 3.63) is 58.4 Å². The van der Waals surface area contributed by atoms with E-state index < -0.39 is 10.5 Å². The minimum atomic E-state index is -1.08. The molecule has 9 nitrogen and oxygen atoms in total. The monoisotopic (exact) mass is 360 g/mol. The molecule has 0 amide bonds. The van der Waals surface area contributed by atoms with Crippen molar-refractivity contribution in [2.45, 2.75) is 26.0 Å².